The number of hydrogen-bond acceptors (Lipinski definition) is 2. The summed E-state index contributed by atoms with van der Waals surface area (Å²) in [6, 6.07) is 0.256. The fourth-order valence-electron chi connectivity index (χ4n) is 1.14. The fraction of sp³-hybridized carbons (Fsp3) is 0.857. The summed E-state index contributed by atoms with van der Waals surface area (Å²) in [5.41, 5.74) is 0. The van der Waals surface area contributed by atoms with Crippen LogP contribution in [0.3, 0.4) is 0 Å². The van der Waals surface area contributed by atoms with Crippen LogP contribution in [0.2, 0.25) is 0 Å². The highest BCUT2D eigenvalue weighted by molar-refractivity contribution is 5.73. The van der Waals surface area contributed by atoms with Gasteiger partial charge in [0.05, 0.1) is 12.6 Å². The van der Waals surface area contributed by atoms with E-state index in [4.69, 9.17) is 4.74 Å². The Hall–Kier alpha value is -0.570. The van der Waals surface area contributed by atoms with E-state index in [9.17, 15) is 4.79 Å². The quantitative estimate of drug-likeness (QED) is 0.573. The zero-order valence-corrected chi connectivity index (χ0v) is 6.22. The minimum atomic E-state index is 0.0375. The first-order valence-electron chi connectivity index (χ1n) is 3.64. The van der Waals surface area contributed by atoms with Gasteiger partial charge in [0.25, 0.3) is 0 Å². The Morgan fingerprint density at radius 2 is 2.50 bits per heavy atom. The highest BCUT2D eigenvalue weighted by Gasteiger charge is 2.13. The van der Waals surface area contributed by atoms with Gasteiger partial charge in [0, 0.05) is 13.5 Å². The molecule has 0 radical (unpaired) electrons. The molecule has 10 heavy (non-hydrogen) atoms. The van der Waals surface area contributed by atoms with Crippen molar-refractivity contribution in [3.05, 3.63) is 0 Å². The molecule has 1 amide bonds. The Morgan fingerprint density at radius 3 is 3.00 bits per heavy atom. The standard InChI is InChI=1S/C7H13NO2/c1-6(9)8-7-3-2-4-10-5-7/h7H,2-5H2,1H3,(H,8,9)/t7-/m1/s1. The van der Waals surface area contributed by atoms with Crippen molar-refractivity contribution in [3.8, 4) is 0 Å². The van der Waals surface area contributed by atoms with E-state index in [-0.39, 0.29) is 11.9 Å². The Labute approximate surface area is 60.7 Å². The molecule has 1 aliphatic rings. The Balaban J connectivity index is 2.19. The molecule has 1 heterocycles. The molecule has 58 valence electrons. The molecule has 0 bridgehead atoms. The molecule has 0 aromatic carbocycles. The van der Waals surface area contributed by atoms with Gasteiger partial charge in [-0.25, -0.2) is 0 Å². The van der Waals surface area contributed by atoms with Crippen molar-refractivity contribution in [2.24, 2.45) is 0 Å². The van der Waals surface area contributed by atoms with Crippen LogP contribution >= 0.6 is 0 Å². The third-order valence-electron chi connectivity index (χ3n) is 1.57. The molecule has 1 N–H and O–H groups in total. The first-order chi connectivity index (χ1) is 4.79. The minimum Gasteiger partial charge on any atom is -0.379 e. The van der Waals surface area contributed by atoms with E-state index < -0.39 is 0 Å². The molecule has 0 spiro atoms. The molecule has 3 nitrogen and oxygen atoms in total. The highest BCUT2D eigenvalue weighted by Crippen LogP contribution is 2.04. The molecular formula is C7H13NO2. The number of carbonyl (C=O) groups is 1. The summed E-state index contributed by atoms with van der Waals surface area (Å²) in [6.45, 7) is 3.06. The maximum Gasteiger partial charge on any atom is 0.217 e. The number of ether oxygens (including phenoxy) is 1. The van der Waals surface area contributed by atoms with Crippen LogP contribution in [0.5, 0.6) is 0 Å². The molecule has 1 aliphatic heterocycles. The van der Waals surface area contributed by atoms with Gasteiger partial charge in [0.1, 0.15) is 0 Å². The first-order valence-corrected chi connectivity index (χ1v) is 3.64. The first kappa shape index (κ1) is 7.54. The lowest BCUT2D eigenvalue weighted by molar-refractivity contribution is -0.120. The third kappa shape index (κ3) is 2.35. The average Bonchev–Trinajstić information content (AvgIpc) is 1.88. The molecular weight excluding hydrogens is 130 g/mol. The second-order valence-electron chi connectivity index (χ2n) is 2.61. The van der Waals surface area contributed by atoms with Crippen molar-refractivity contribution in [1.29, 1.82) is 0 Å². The maximum atomic E-state index is 10.5. The van der Waals surface area contributed by atoms with Crippen LogP contribution in [0.25, 0.3) is 0 Å². The average molecular weight is 143 g/mol. The van der Waals surface area contributed by atoms with Gasteiger partial charge in [-0.15, -0.1) is 0 Å². The van der Waals surface area contributed by atoms with Crippen LogP contribution in [-0.4, -0.2) is 25.2 Å². The number of hydrogen-bond donors (Lipinski definition) is 1. The van der Waals surface area contributed by atoms with E-state index in [1.54, 1.807) is 0 Å². The Bertz CT molecular complexity index is 119. The minimum absolute atomic E-state index is 0.0375. The van der Waals surface area contributed by atoms with Crippen LogP contribution in [0.4, 0.5) is 0 Å². The van der Waals surface area contributed by atoms with E-state index >= 15 is 0 Å². The topological polar surface area (TPSA) is 38.3 Å². The van der Waals surface area contributed by atoms with Crippen LogP contribution in [0.15, 0.2) is 0 Å². The predicted octanol–water partition coefficient (Wildman–Crippen LogP) is 0.302. The number of rotatable bonds is 1. The lowest BCUT2D eigenvalue weighted by atomic mass is 10.1. The van der Waals surface area contributed by atoms with Crippen LogP contribution in [-0.2, 0) is 9.53 Å². The Kier molecular flexibility index (Phi) is 2.68. The summed E-state index contributed by atoms with van der Waals surface area (Å²) >= 11 is 0. The summed E-state index contributed by atoms with van der Waals surface area (Å²) < 4.78 is 5.17. The lowest BCUT2D eigenvalue weighted by Gasteiger charge is -2.22. The van der Waals surface area contributed by atoms with Crippen LogP contribution in [0.1, 0.15) is 19.8 Å². The smallest absolute Gasteiger partial charge is 0.217 e. The van der Waals surface area contributed by atoms with E-state index in [0.29, 0.717) is 6.61 Å². The van der Waals surface area contributed by atoms with Crippen molar-refractivity contribution >= 4 is 5.91 Å². The van der Waals surface area contributed by atoms with E-state index in [1.165, 1.54) is 6.92 Å². The molecule has 0 unspecified atom stereocenters. The van der Waals surface area contributed by atoms with E-state index in [2.05, 4.69) is 5.32 Å². The van der Waals surface area contributed by atoms with Crippen LogP contribution in [0, 0.1) is 0 Å². The summed E-state index contributed by atoms with van der Waals surface area (Å²) in [4.78, 5) is 10.5. The largest absolute Gasteiger partial charge is 0.379 e. The maximum absolute atomic E-state index is 10.5. The van der Waals surface area contributed by atoms with Gasteiger partial charge < -0.3 is 10.1 Å². The van der Waals surface area contributed by atoms with Gasteiger partial charge >= 0.3 is 0 Å². The SMILES string of the molecule is CC(=O)N[C@@H]1CCCOC1. The normalized spacial score (nSPS) is 25.9. The fourth-order valence-corrected chi connectivity index (χ4v) is 1.14. The van der Waals surface area contributed by atoms with Gasteiger partial charge in [-0.3, -0.25) is 4.79 Å². The molecule has 1 rings (SSSR count). The summed E-state index contributed by atoms with van der Waals surface area (Å²) in [5.74, 6) is 0.0375. The van der Waals surface area contributed by atoms with Gasteiger partial charge in [-0.05, 0) is 12.8 Å². The van der Waals surface area contributed by atoms with Gasteiger partial charge in [0.15, 0.2) is 0 Å². The number of nitrogens with one attached hydrogen (secondary N) is 1. The monoisotopic (exact) mass is 143 g/mol. The number of carbonyl (C=O) groups excluding carboxylic acids is 1. The summed E-state index contributed by atoms with van der Waals surface area (Å²) in [7, 11) is 0. The second-order valence-corrected chi connectivity index (χ2v) is 2.61. The van der Waals surface area contributed by atoms with Crippen molar-refractivity contribution in [2.75, 3.05) is 13.2 Å². The molecule has 1 atom stereocenters. The molecule has 3 heteroatoms. The van der Waals surface area contributed by atoms with Crippen molar-refractivity contribution < 1.29 is 9.53 Å². The number of amides is 1. The van der Waals surface area contributed by atoms with Gasteiger partial charge in [-0.2, -0.15) is 0 Å². The van der Waals surface area contributed by atoms with Crippen molar-refractivity contribution in [3.63, 3.8) is 0 Å². The summed E-state index contributed by atoms with van der Waals surface area (Å²) in [5, 5.41) is 2.82. The second kappa shape index (κ2) is 3.56. The lowest BCUT2D eigenvalue weighted by Crippen LogP contribution is -2.39. The predicted molar refractivity (Wildman–Crippen MR) is 37.7 cm³/mol. The zero-order valence-electron chi connectivity index (χ0n) is 6.22. The molecule has 1 saturated heterocycles. The summed E-state index contributed by atoms with van der Waals surface area (Å²) in [6.07, 6.45) is 2.12. The van der Waals surface area contributed by atoms with Crippen molar-refractivity contribution in [1.82, 2.24) is 5.32 Å². The van der Waals surface area contributed by atoms with Gasteiger partial charge in [0.2, 0.25) is 5.91 Å². The third-order valence-corrected chi connectivity index (χ3v) is 1.57. The highest BCUT2D eigenvalue weighted by atomic mass is 16.5. The molecule has 0 aliphatic carbocycles. The zero-order chi connectivity index (χ0) is 7.40. The van der Waals surface area contributed by atoms with E-state index in [0.717, 1.165) is 19.4 Å². The van der Waals surface area contributed by atoms with Gasteiger partial charge in [-0.1, -0.05) is 0 Å². The van der Waals surface area contributed by atoms with Crippen LogP contribution < -0.4 is 5.32 Å². The molecule has 0 aromatic rings. The van der Waals surface area contributed by atoms with Crippen molar-refractivity contribution in [2.45, 2.75) is 25.8 Å². The molecule has 0 aromatic heterocycles. The molecule has 0 saturated carbocycles. The van der Waals surface area contributed by atoms with E-state index in [1.807, 2.05) is 0 Å². The molecule has 1 fully saturated rings. The Morgan fingerprint density at radius 1 is 1.70 bits per heavy atom.